The van der Waals surface area contributed by atoms with Crippen LogP contribution in [0.15, 0.2) is 70.5 Å². The SMILES string of the molecule is Oc1cc2ccc(S)cc2cc1-c1cc2cc(S)ccc2cc1O. The molecule has 0 radical (unpaired) electrons. The molecular weight excluding hydrogens is 336 g/mol. The van der Waals surface area contributed by atoms with Crippen LogP contribution in [0.25, 0.3) is 32.7 Å². The molecule has 0 fully saturated rings. The van der Waals surface area contributed by atoms with Crippen molar-refractivity contribution < 1.29 is 10.2 Å². The summed E-state index contributed by atoms with van der Waals surface area (Å²) in [6.45, 7) is 0. The summed E-state index contributed by atoms with van der Waals surface area (Å²) in [5.74, 6) is 0.261. The number of phenols is 2. The Balaban J connectivity index is 2.00. The second kappa shape index (κ2) is 5.65. The highest BCUT2D eigenvalue weighted by atomic mass is 32.1. The Morgan fingerprint density at radius 2 is 0.917 bits per heavy atom. The van der Waals surface area contributed by atoms with Crippen LogP contribution in [0.4, 0.5) is 0 Å². The molecule has 0 heterocycles. The molecule has 0 bridgehead atoms. The van der Waals surface area contributed by atoms with Crippen molar-refractivity contribution >= 4 is 46.8 Å². The van der Waals surface area contributed by atoms with Crippen LogP contribution in [0.2, 0.25) is 0 Å². The zero-order valence-corrected chi connectivity index (χ0v) is 14.4. The molecule has 2 nitrogen and oxygen atoms in total. The zero-order chi connectivity index (χ0) is 16.8. The molecule has 24 heavy (non-hydrogen) atoms. The summed E-state index contributed by atoms with van der Waals surface area (Å²) < 4.78 is 0. The van der Waals surface area contributed by atoms with Crippen molar-refractivity contribution in [3.8, 4) is 22.6 Å². The van der Waals surface area contributed by atoms with Gasteiger partial charge in [0.1, 0.15) is 11.5 Å². The van der Waals surface area contributed by atoms with E-state index in [9.17, 15) is 10.2 Å². The lowest BCUT2D eigenvalue weighted by Crippen LogP contribution is -1.84. The molecule has 0 spiro atoms. The standard InChI is InChI=1S/C20H14O2S2/c21-19-9-11-1-3-15(23)5-13(11)7-17(19)18-8-14-6-16(24)4-2-12(14)10-20(18)22/h1-10,21-24H. The highest BCUT2D eigenvalue weighted by Gasteiger charge is 2.12. The molecule has 0 aromatic heterocycles. The van der Waals surface area contributed by atoms with Crippen molar-refractivity contribution in [3.63, 3.8) is 0 Å². The van der Waals surface area contributed by atoms with Crippen LogP contribution in [0.1, 0.15) is 0 Å². The number of fused-ring (bicyclic) bond motifs is 2. The maximum Gasteiger partial charge on any atom is 0.124 e. The summed E-state index contributed by atoms with van der Waals surface area (Å²) in [5, 5.41) is 24.6. The van der Waals surface area contributed by atoms with Crippen LogP contribution in [-0.4, -0.2) is 10.2 Å². The van der Waals surface area contributed by atoms with Crippen LogP contribution in [0.3, 0.4) is 0 Å². The fourth-order valence-electron chi connectivity index (χ4n) is 2.98. The van der Waals surface area contributed by atoms with E-state index in [0.717, 1.165) is 31.3 Å². The van der Waals surface area contributed by atoms with Crippen molar-refractivity contribution in [1.29, 1.82) is 0 Å². The first-order valence-electron chi connectivity index (χ1n) is 7.43. The minimum Gasteiger partial charge on any atom is -0.507 e. The molecule has 118 valence electrons. The van der Waals surface area contributed by atoms with Crippen molar-refractivity contribution in [2.75, 3.05) is 0 Å². The summed E-state index contributed by atoms with van der Waals surface area (Å²) >= 11 is 8.73. The van der Waals surface area contributed by atoms with Gasteiger partial charge in [-0.15, -0.1) is 25.3 Å². The average Bonchev–Trinajstić information content (AvgIpc) is 2.54. The third kappa shape index (κ3) is 2.58. The van der Waals surface area contributed by atoms with Crippen LogP contribution in [0, 0.1) is 0 Å². The lowest BCUT2D eigenvalue weighted by molar-refractivity contribution is 0.470. The Kier molecular flexibility index (Phi) is 3.59. The van der Waals surface area contributed by atoms with Gasteiger partial charge in [0.2, 0.25) is 0 Å². The molecule has 0 unspecified atom stereocenters. The molecule has 0 saturated heterocycles. The molecule has 0 aliphatic heterocycles. The minimum absolute atomic E-state index is 0.131. The zero-order valence-electron chi connectivity index (χ0n) is 12.6. The van der Waals surface area contributed by atoms with Gasteiger partial charge in [0.15, 0.2) is 0 Å². The molecule has 0 atom stereocenters. The summed E-state index contributed by atoms with van der Waals surface area (Å²) in [5.41, 5.74) is 1.18. The Bertz CT molecular complexity index is 1010. The topological polar surface area (TPSA) is 40.5 Å². The average molecular weight is 350 g/mol. The van der Waals surface area contributed by atoms with Crippen molar-refractivity contribution in [2.24, 2.45) is 0 Å². The third-order valence-corrected chi connectivity index (χ3v) is 4.72. The predicted octanol–water partition coefficient (Wildman–Crippen LogP) is 5.65. The summed E-state index contributed by atoms with van der Waals surface area (Å²) in [6.07, 6.45) is 0. The fourth-order valence-corrected chi connectivity index (χ4v) is 3.40. The van der Waals surface area contributed by atoms with Crippen molar-refractivity contribution in [2.45, 2.75) is 9.79 Å². The summed E-state index contributed by atoms with van der Waals surface area (Å²) in [4.78, 5) is 1.70. The number of aromatic hydroxyl groups is 2. The number of rotatable bonds is 1. The van der Waals surface area contributed by atoms with Gasteiger partial charge in [-0.05, 0) is 70.1 Å². The number of hydrogen-bond acceptors (Lipinski definition) is 4. The van der Waals surface area contributed by atoms with Gasteiger partial charge >= 0.3 is 0 Å². The Hall–Kier alpha value is -2.30. The van der Waals surface area contributed by atoms with Gasteiger partial charge in [0, 0.05) is 20.9 Å². The fraction of sp³-hybridized carbons (Fsp3) is 0. The van der Waals surface area contributed by atoms with Crippen molar-refractivity contribution in [1.82, 2.24) is 0 Å². The van der Waals surface area contributed by atoms with Crippen LogP contribution in [-0.2, 0) is 0 Å². The molecule has 0 saturated carbocycles. The molecular formula is C20H14O2S2. The minimum atomic E-state index is 0.131. The van der Waals surface area contributed by atoms with Gasteiger partial charge in [-0.1, -0.05) is 12.1 Å². The highest BCUT2D eigenvalue weighted by Crippen LogP contribution is 2.40. The molecule has 2 N–H and O–H groups in total. The monoisotopic (exact) mass is 350 g/mol. The van der Waals surface area contributed by atoms with Gasteiger partial charge in [-0.2, -0.15) is 0 Å². The molecule has 0 amide bonds. The quantitative estimate of drug-likeness (QED) is 0.335. The maximum atomic E-state index is 10.4. The number of phenolic OH excluding ortho intramolecular Hbond substituents is 2. The normalized spacial score (nSPS) is 11.2. The van der Waals surface area contributed by atoms with E-state index in [1.54, 1.807) is 12.1 Å². The first-order valence-corrected chi connectivity index (χ1v) is 8.32. The largest absolute Gasteiger partial charge is 0.507 e. The van der Waals surface area contributed by atoms with Gasteiger partial charge in [0.25, 0.3) is 0 Å². The van der Waals surface area contributed by atoms with E-state index in [1.165, 1.54) is 0 Å². The van der Waals surface area contributed by atoms with E-state index >= 15 is 0 Å². The van der Waals surface area contributed by atoms with Crippen LogP contribution >= 0.6 is 25.3 Å². The molecule has 4 aromatic carbocycles. The van der Waals surface area contributed by atoms with Gasteiger partial charge < -0.3 is 10.2 Å². The number of hydrogen-bond donors (Lipinski definition) is 4. The first-order chi connectivity index (χ1) is 11.5. The Labute approximate surface area is 150 Å². The highest BCUT2D eigenvalue weighted by molar-refractivity contribution is 7.80. The number of benzene rings is 4. The first kappa shape index (κ1) is 15.2. The lowest BCUT2D eigenvalue weighted by atomic mass is 9.97. The van der Waals surface area contributed by atoms with E-state index in [2.05, 4.69) is 25.3 Å². The van der Waals surface area contributed by atoms with E-state index in [4.69, 9.17) is 0 Å². The van der Waals surface area contributed by atoms with Crippen LogP contribution < -0.4 is 0 Å². The molecule has 0 aliphatic carbocycles. The van der Waals surface area contributed by atoms with E-state index < -0.39 is 0 Å². The molecule has 4 heteroatoms. The van der Waals surface area contributed by atoms with E-state index in [-0.39, 0.29) is 11.5 Å². The third-order valence-electron chi connectivity index (χ3n) is 4.17. The molecule has 0 aliphatic rings. The molecule has 4 aromatic rings. The van der Waals surface area contributed by atoms with E-state index in [0.29, 0.717) is 11.1 Å². The predicted molar refractivity (Wildman–Crippen MR) is 105 cm³/mol. The second-order valence-electron chi connectivity index (χ2n) is 5.80. The summed E-state index contributed by atoms with van der Waals surface area (Å²) in [6, 6.07) is 18.6. The van der Waals surface area contributed by atoms with Crippen molar-refractivity contribution in [3.05, 3.63) is 60.7 Å². The smallest absolute Gasteiger partial charge is 0.124 e. The lowest BCUT2D eigenvalue weighted by Gasteiger charge is -2.11. The van der Waals surface area contributed by atoms with E-state index in [1.807, 2.05) is 48.5 Å². The van der Waals surface area contributed by atoms with Gasteiger partial charge in [-0.3, -0.25) is 0 Å². The number of thiol groups is 2. The van der Waals surface area contributed by atoms with Gasteiger partial charge in [-0.25, -0.2) is 0 Å². The Morgan fingerprint density at radius 3 is 1.33 bits per heavy atom. The summed E-state index contributed by atoms with van der Waals surface area (Å²) in [7, 11) is 0. The van der Waals surface area contributed by atoms with Crippen LogP contribution in [0.5, 0.6) is 11.5 Å². The molecule has 4 rings (SSSR count). The second-order valence-corrected chi connectivity index (χ2v) is 6.83. The maximum absolute atomic E-state index is 10.4. The van der Waals surface area contributed by atoms with Gasteiger partial charge in [0.05, 0.1) is 0 Å². The Morgan fingerprint density at radius 1 is 0.500 bits per heavy atom.